The average Bonchev–Trinajstić information content (AvgIpc) is 4.02. The van der Waals surface area contributed by atoms with E-state index in [1.54, 1.807) is 31.2 Å². The van der Waals surface area contributed by atoms with E-state index in [1.165, 1.54) is 16.0 Å². The normalized spacial score (nSPS) is 21.0. The van der Waals surface area contributed by atoms with Gasteiger partial charge in [0.1, 0.15) is 23.9 Å². The quantitative estimate of drug-likeness (QED) is 0.140. The number of methoxy groups -OCH3 is 1. The van der Waals surface area contributed by atoms with Crippen LogP contribution in [0.5, 0.6) is 5.75 Å². The Bertz CT molecular complexity index is 2520. The van der Waals surface area contributed by atoms with E-state index < -0.39 is 47.2 Å². The van der Waals surface area contributed by atoms with Crippen molar-refractivity contribution in [1.82, 2.24) is 39.9 Å². The lowest BCUT2D eigenvalue weighted by Gasteiger charge is -2.37. The summed E-state index contributed by atoms with van der Waals surface area (Å²) in [6, 6.07) is 8.50. The van der Waals surface area contributed by atoms with E-state index >= 15 is 0 Å². The second kappa shape index (κ2) is 19.5. The second-order valence-corrected chi connectivity index (χ2v) is 19.3. The standard InChI is InChI=1S/C50H66N8O8/c1-11-42(60)56-19-17-33(27-56)47(62)54(8)43(29(3)4)46(61)52-40-22-31-20-34(23-35(59)21-31)32-15-16-41-36(24-32)37(45(57(41)12-2)38-26-51-55(9)44(38)30(5)65-10)25-50(6,7)28-66-49(64)39-14-13-18-58(53-39)48(40)63/h11,15-16,20-21,23-24,26,29-30,33,39-40,43,53,59H,1,12-14,17-19,22,25,27-28H2,2-10H3,(H,52,61)/t30-,33-,39-,40-,43-/m0/s1. The summed E-state index contributed by atoms with van der Waals surface area (Å²) in [6.07, 6.45) is 4.79. The summed E-state index contributed by atoms with van der Waals surface area (Å²) < 4.78 is 16.1. The van der Waals surface area contributed by atoms with Crippen LogP contribution >= 0.6 is 0 Å². The van der Waals surface area contributed by atoms with Crippen LogP contribution in [0.3, 0.4) is 0 Å². The van der Waals surface area contributed by atoms with Crippen LogP contribution in [0.4, 0.5) is 0 Å². The molecule has 5 atom stereocenters. The fourth-order valence-electron chi connectivity index (χ4n) is 10.1. The lowest BCUT2D eigenvalue weighted by atomic mass is 9.84. The van der Waals surface area contributed by atoms with Gasteiger partial charge in [-0.25, -0.2) is 5.43 Å². The number of aryl methyl sites for hydroxylation is 2. The van der Waals surface area contributed by atoms with Crippen LogP contribution in [0.2, 0.25) is 0 Å². The Morgan fingerprint density at radius 1 is 1.11 bits per heavy atom. The molecule has 66 heavy (non-hydrogen) atoms. The molecule has 0 aliphatic carbocycles. The number of ether oxygens (including phenoxy) is 2. The van der Waals surface area contributed by atoms with Crippen molar-refractivity contribution in [2.75, 3.05) is 40.4 Å². The van der Waals surface area contributed by atoms with E-state index in [-0.39, 0.29) is 55.7 Å². The minimum atomic E-state index is -1.16. The van der Waals surface area contributed by atoms with E-state index in [9.17, 15) is 29.1 Å². The Morgan fingerprint density at radius 2 is 1.86 bits per heavy atom. The highest BCUT2D eigenvalue weighted by molar-refractivity contribution is 5.96. The number of cyclic esters (lactones) is 1. The number of likely N-dealkylation sites (N-methyl/N-ethyl adjacent to an activating group) is 1. The molecule has 0 saturated carbocycles. The Balaban J connectivity index is 1.31. The third-order valence-corrected chi connectivity index (χ3v) is 13.5. The number of carbonyl (C=O) groups is 5. The number of rotatable bonds is 10. The maximum absolute atomic E-state index is 14.7. The minimum Gasteiger partial charge on any atom is -0.508 e. The van der Waals surface area contributed by atoms with Gasteiger partial charge in [-0.1, -0.05) is 46.4 Å². The van der Waals surface area contributed by atoms with Crippen LogP contribution in [0.15, 0.2) is 55.3 Å². The van der Waals surface area contributed by atoms with Gasteiger partial charge in [-0.05, 0) is 98.0 Å². The minimum absolute atomic E-state index is 0.0114. The number of carbonyl (C=O) groups excluding carboxylic acids is 5. The molecule has 2 saturated heterocycles. The average molecular weight is 907 g/mol. The van der Waals surface area contributed by atoms with E-state index in [0.717, 1.165) is 39.0 Å². The molecule has 354 valence electrons. The molecule has 0 spiro atoms. The molecular formula is C50H66N8O8. The number of esters is 1. The number of hydrogen-bond donors (Lipinski definition) is 3. The van der Waals surface area contributed by atoms with Crippen molar-refractivity contribution in [1.29, 1.82) is 0 Å². The number of nitrogens with zero attached hydrogens (tertiary/aromatic N) is 6. The van der Waals surface area contributed by atoms with Crippen LogP contribution in [0.1, 0.15) is 83.7 Å². The molecule has 7 rings (SSSR count). The first-order chi connectivity index (χ1) is 31.4. The van der Waals surface area contributed by atoms with E-state index in [0.29, 0.717) is 49.9 Å². The van der Waals surface area contributed by atoms with Gasteiger partial charge in [0.15, 0.2) is 0 Å². The zero-order valence-corrected chi connectivity index (χ0v) is 39.8. The first kappa shape index (κ1) is 47.9. The number of hydrazine groups is 1. The van der Waals surface area contributed by atoms with Crippen molar-refractivity contribution in [2.24, 2.45) is 24.3 Å². The predicted molar refractivity (Wildman–Crippen MR) is 251 cm³/mol. The lowest BCUT2D eigenvalue weighted by Crippen LogP contribution is -2.62. The van der Waals surface area contributed by atoms with Crippen LogP contribution in [0.25, 0.3) is 33.3 Å². The van der Waals surface area contributed by atoms with Crippen molar-refractivity contribution in [2.45, 2.75) is 104 Å². The zero-order valence-electron chi connectivity index (χ0n) is 39.8. The van der Waals surface area contributed by atoms with Crippen molar-refractivity contribution in [3.63, 3.8) is 0 Å². The summed E-state index contributed by atoms with van der Waals surface area (Å²) in [7, 11) is 5.17. The number of benzene rings is 2. The Labute approximate surface area is 387 Å². The largest absolute Gasteiger partial charge is 0.508 e. The van der Waals surface area contributed by atoms with Crippen molar-refractivity contribution in [3.05, 3.63) is 72.1 Å². The Morgan fingerprint density at radius 3 is 2.56 bits per heavy atom. The first-order valence-electron chi connectivity index (χ1n) is 23.1. The van der Waals surface area contributed by atoms with Gasteiger partial charge < -0.3 is 34.3 Å². The second-order valence-electron chi connectivity index (χ2n) is 19.3. The van der Waals surface area contributed by atoms with Crippen molar-refractivity contribution >= 4 is 40.5 Å². The molecule has 3 N–H and O–H groups in total. The first-order valence-corrected chi connectivity index (χ1v) is 23.1. The molecule has 0 radical (unpaired) electrons. The Hall–Kier alpha value is -6.00. The number of amides is 4. The maximum atomic E-state index is 14.7. The molecule has 6 bridgehead atoms. The lowest BCUT2D eigenvalue weighted by molar-refractivity contribution is -0.155. The summed E-state index contributed by atoms with van der Waals surface area (Å²) in [5, 5.41) is 21.4. The number of aromatic nitrogens is 3. The fraction of sp³-hybridized carbons (Fsp3) is 0.520. The van der Waals surface area contributed by atoms with Crippen LogP contribution in [-0.2, 0) is 59.9 Å². The van der Waals surface area contributed by atoms with Crippen LogP contribution in [0, 0.1) is 17.3 Å². The van der Waals surface area contributed by atoms with Gasteiger partial charge in [-0.15, -0.1) is 0 Å². The molecule has 2 fully saturated rings. The highest BCUT2D eigenvalue weighted by atomic mass is 16.5. The van der Waals surface area contributed by atoms with Gasteiger partial charge in [0, 0.05) is 75.7 Å². The molecule has 3 aliphatic heterocycles. The van der Waals surface area contributed by atoms with Crippen molar-refractivity contribution < 1.29 is 38.6 Å². The third kappa shape index (κ3) is 9.61. The smallest absolute Gasteiger partial charge is 0.324 e. The van der Waals surface area contributed by atoms with Crippen LogP contribution < -0.4 is 10.7 Å². The molecular weight excluding hydrogens is 841 g/mol. The van der Waals surface area contributed by atoms with Gasteiger partial charge in [0.25, 0.3) is 5.91 Å². The zero-order chi connectivity index (χ0) is 47.8. The highest BCUT2D eigenvalue weighted by Crippen LogP contribution is 2.42. The fourth-order valence-corrected chi connectivity index (χ4v) is 10.1. The number of nitrogens with one attached hydrogen (secondary N) is 2. The molecule has 16 nitrogen and oxygen atoms in total. The summed E-state index contributed by atoms with van der Waals surface area (Å²) in [6.45, 7) is 17.2. The molecule has 4 aromatic rings. The van der Waals surface area contributed by atoms with Gasteiger partial charge in [0.2, 0.25) is 17.7 Å². The number of aromatic hydroxyl groups is 1. The maximum Gasteiger partial charge on any atom is 0.324 e. The number of hydrogen-bond acceptors (Lipinski definition) is 10. The summed E-state index contributed by atoms with van der Waals surface area (Å²) in [4.78, 5) is 72.4. The molecule has 2 aromatic heterocycles. The number of fused-ring (bicyclic) bond motifs is 6. The van der Waals surface area contributed by atoms with Gasteiger partial charge in [0.05, 0.1) is 36.2 Å². The number of likely N-dealkylation sites (tertiary alicyclic amines) is 1. The summed E-state index contributed by atoms with van der Waals surface area (Å²) in [5.41, 5.74) is 9.65. The van der Waals surface area contributed by atoms with E-state index in [4.69, 9.17) is 9.47 Å². The monoisotopic (exact) mass is 907 g/mol. The van der Waals surface area contributed by atoms with Gasteiger partial charge in [-0.3, -0.25) is 33.7 Å². The Kier molecular flexibility index (Phi) is 14.1. The van der Waals surface area contributed by atoms with Crippen molar-refractivity contribution in [3.8, 4) is 28.1 Å². The molecule has 16 heteroatoms. The number of phenols is 1. The van der Waals surface area contributed by atoms with E-state index in [2.05, 4.69) is 59.9 Å². The molecule has 3 aliphatic rings. The molecule has 2 aromatic carbocycles. The summed E-state index contributed by atoms with van der Waals surface area (Å²) >= 11 is 0. The van der Waals surface area contributed by atoms with Gasteiger partial charge >= 0.3 is 5.97 Å². The highest BCUT2D eigenvalue weighted by Gasteiger charge is 2.40. The molecule has 5 heterocycles. The number of phenolic OH excluding ortho intramolecular Hbond substituents is 1. The third-order valence-electron chi connectivity index (χ3n) is 13.5. The molecule has 4 amide bonds. The topological polar surface area (TPSA) is 181 Å². The SMILES string of the molecule is C=CC(=O)N1CC[C@H](C(=O)N(C)[C@H](C(=O)N[C@H]2Cc3cc(O)cc(c3)-c3ccc4c(c3)c(c(-c3cnn(C)c3[C@H](C)OC)n4CC)CC(C)(C)COC(=O)[C@@H]3CCCN(N3)C2=O)C(C)C)C1. The van der Waals surface area contributed by atoms with Crippen LogP contribution in [-0.4, -0.2) is 122 Å². The van der Waals surface area contributed by atoms with Gasteiger partial charge in [-0.2, -0.15) is 5.10 Å². The summed E-state index contributed by atoms with van der Waals surface area (Å²) in [5.74, 6) is -2.87. The molecule has 0 unspecified atom stereocenters. The van der Waals surface area contributed by atoms with E-state index in [1.807, 2.05) is 50.8 Å². The predicted octanol–water partition coefficient (Wildman–Crippen LogP) is 5.31.